The summed E-state index contributed by atoms with van der Waals surface area (Å²) in [5, 5.41) is 0. The Hall–Kier alpha value is -3.74. The van der Waals surface area contributed by atoms with Crippen LogP contribution < -0.4 is 9.80 Å². The number of aryl methyl sites for hydroxylation is 1. The number of hydrogen-bond acceptors (Lipinski definition) is 6. The number of methoxy groups -OCH3 is 1. The van der Waals surface area contributed by atoms with Gasteiger partial charge in [-0.3, -0.25) is 14.4 Å². The number of ketones is 1. The number of allylic oxidation sites excluding steroid dienone is 1. The predicted molar refractivity (Wildman–Crippen MR) is 137 cm³/mol. The summed E-state index contributed by atoms with van der Waals surface area (Å²) in [6.45, 7) is 9.52. The third-order valence-corrected chi connectivity index (χ3v) is 7.56. The van der Waals surface area contributed by atoms with Crippen molar-refractivity contribution in [3.63, 3.8) is 0 Å². The summed E-state index contributed by atoms with van der Waals surface area (Å²) in [6.07, 6.45) is 2.01. The van der Waals surface area contributed by atoms with E-state index in [0.717, 1.165) is 27.3 Å². The molecule has 5 rings (SSSR count). The van der Waals surface area contributed by atoms with Gasteiger partial charge in [0.25, 0.3) is 0 Å². The normalized spacial score (nSPS) is 24.8. The number of Topliss-reactive ketones (excluding diaryl/α,β-unsaturated/α-hetero) is 1. The molecule has 2 saturated heterocycles. The van der Waals surface area contributed by atoms with Crippen molar-refractivity contribution in [2.45, 2.75) is 46.7 Å². The van der Waals surface area contributed by atoms with Crippen LogP contribution in [0.5, 0.6) is 0 Å². The van der Waals surface area contributed by atoms with Gasteiger partial charge in [0, 0.05) is 16.7 Å². The largest absolute Gasteiger partial charge is 0.465 e. The number of hydrogen-bond donors (Lipinski definition) is 0. The van der Waals surface area contributed by atoms with Crippen molar-refractivity contribution >= 4 is 40.5 Å². The van der Waals surface area contributed by atoms with E-state index in [9.17, 15) is 19.2 Å². The van der Waals surface area contributed by atoms with Crippen LogP contribution in [0.15, 0.2) is 48.5 Å². The molecule has 2 aromatic carbocycles. The zero-order valence-corrected chi connectivity index (χ0v) is 21.4. The fourth-order valence-electron chi connectivity index (χ4n) is 5.89. The molecule has 186 valence electrons. The minimum absolute atomic E-state index is 0.0938. The van der Waals surface area contributed by atoms with Gasteiger partial charge in [-0.05, 0) is 43.7 Å². The smallest absolute Gasteiger partial charge is 0.339 e. The first kappa shape index (κ1) is 24.0. The first-order chi connectivity index (χ1) is 17.0. The SMILES string of the molecule is COC(=O)c1ccccc1N1C(=O)[C@@H]2[C@H](C1=O)[C@@H](C(=O)C(C)(C)C)N1c3ccc(C)cc3C(C)=C[C@H]21. The molecule has 0 spiro atoms. The van der Waals surface area contributed by atoms with Gasteiger partial charge >= 0.3 is 5.97 Å². The molecular formula is C29H30N2O5. The molecule has 0 saturated carbocycles. The molecule has 0 radical (unpaired) electrons. The van der Waals surface area contributed by atoms with Gasteiger partial charge in [0.1, 0.15) is 6.04 Å². The number of carbonyl (C=O) groups is 4. The number of amides is 2. The highest BCUT2D eigenvalue weighted by molar-refractivity contribution is 6.26. The Morgan fingerprint density at radius 1 is 0.917 bits per heavy atom. The number of nitrogens with zero attached hydrogens (tertiary/aromatic N) is 2. The summed E-state index contributed by atoms with van der Waals surface area (Å²) in [4.78, 5) is 57.5. The van der Waals surface area contributed by atoms with Crippen molar-refractivity contribution in [3.8, 4) is 0 Å². The molecule has 0 unspecified atom stereocenters. The van der Waals surface area contributed by atoms with Crippen LogP contribution in [0.1, 0.15) is 49.2 Å². The minimum Gasteiger partial charge on any atom is -0.465 e. The lowest BCUT2D eigenvalue weighted by Crippen LogP contribution is -2.51. The third-order valence-electron chi connectivity index (χ3n) is 7.56. The molecule has 3 heterocycles. The quantitative estimate of drug-likeness (QED) is 0.478. The monoisotopic (exact) mass is 486 g/mol. The number of anilines is 2. The lowest BCUT2D eigenvalue weighted by Gasteiger charge is -2.39. The number of benzene rings is 2. The van der Waals surface area contributed by atoms with Crippen LogP contribution in [0.4, 0.5) is 11.4 Å². The average Bonchev–Trinajstić information content (AvgIpc) is 3.30. The molecule has 0 aliphatic carbocycles. The van der Waals surface area contributed by atoms with E-state index in [4.69, 9.17) is 4.74 Å². The van der Waals surface area contributed by atoms with Crippen molar-refractivity contribution in [2.24, 2.45) is 17.3 Å². The van der Waals surface area contributed by atoms with Crippen molar-refractivity contribution in [1.82, 2.24) is 0 Å². The van der Waals surface area contributed by atoms with E-state index in [1.165, 1.54) is 13.2 Å². The number of fused-ring (bicyclic) bond motifs is 5. The Labute approximate surface area is 210 Å². The van der Waals surface area contributed by atoms with Gasteiger partial charge in [-0.1, -0.05) is 50.6 Å². The van der Waals surface area contributed by atoms with Crippen LogP contribution in [0, 0.1) is 24.2 Å². The number of carbonyl (C=O) groups excluding carboxylic acids is 4. The standard InChI is InChI=1S/C29H30N2O5/c1-15-11-12-20-18(13-15)16(2)14-21-22-23(24(30(20)21)25(32)29(3,4)5)27(34)31(26(22)33)19-10-8-7-9-17(19)28(35)36-6/h7-14,21-24H,1-6H3/t21-,22+,23+,24+/m1/s1. The van der Waals surface area contributed by atoms with E-state index in [1.54, 1.807) is 18.2 Å². The van der Waals surface area contributed by atoms with Gasteiger partial charge in [-0.25, -0.2) is 9.69 Å². The average molecular weight is 487 g/mol. The molecule has 36 heavy (non-hydrogen) atoms. The van der Waals surface area contributed by atoms with Gasteiger partial charge < -0.3 is 9.64 Å². The second kappa shape index (κ2) is 8.15. The second-order valence-electron chi connectivity index (χ2n) is 10.9. The van der Waals surface area contributed by atoms with Crippen LogP contribution in [0.2, 0.25) is 0 Å². The van der Waals surface area contributed by atoms with Gasteiger partial charge in [0.2, 0.25) is 11.8 Å². The number of imide groups is 1. The topological polar surface area (TPSA) is 84.0 Å². The Morgan fingerprint density at radius 3 is 2.25 bits per heavy atom. The van der Waals surface area contributed by atoms with Crippen LogP contribution in [0.25, 0.3) is 5.57 Å². The van der Waals surface area contributed by atoms with Crippen LogP contribution in [-0.4, -0.2) is 42.8 Å². The lowest BCUT2D eigenvalue weighted by molar-refractivity contribution is -0.132. The molecule has 2 fully saturated rings. The predicted octanol–water partition coefficient (Wildman–Crippen LogP) is 4.18. The van der Waals surface area contributed by atoms with Gasteiger partial charge in [0.15, 0.2) is 5.78 Å². The first-order valence-corrected chi connectivity index (χ1v) is 12.1. The first-order valence-electron chi connectivity index (χ1n) is 12.1. The molecule has 0 aromatic heterocycles. The van der Waals surface area contributed by atoms with Gasteiger partial charge in [-0.15, -0.1) is 0 Å². The summed E-state index contributed by atoms with van der Waals surface area (Å²) in [5.41, 5.74) is 3.56. The highest BCUT2D eigenvalue weighted by Gasteiger charge is 2.65. The Bertz CT molecular complexity index is 1350. The minimum atomic E-state index is -0.865. The maximum Gasteiger partial charge on any atom is 0.339 e. The molecule has 2 aromatic rings. The van der Waals surface area contributed by atoms with Gasteiger partial charge in [-0.2, -0.15) is 0 Å². The zero-order valence-electron chi connectivity index (χ0n) is 21.4. The number of esters is 1. The van der Waals surface area contributed by atoms with Crippen molar-refractivity contribution in [3.05, 3.63) is 65.2 Å². The molecule has 4 atom stereocenters. The van der Waals surface area contributed by atoms with Crippen LogP contribution >= 0.6 is 0 Å². The maximum atomic E-state index is 14.0. The van der Waals surface area contributed by atoms with E-state index in [-0.39, 0.29) is 17.0 Å². The van der Waals surface area contributed by atoms with Crippen molar-refractivity contribution in [2.75, 3.05) is 16.9 Å². The van der Waals surface area contributed by atoms with Crippen molar-refractivity contribution < 1.29 is 23.9 Å². The number of para-hydroxylation sites is 1. The Balaban J connectivity index is 1.69. The lowest BCUT2D eigenvalue weighted by atomic mass is 9.79. The second-order valence-corrected chi connectivity index (χ2v) is 10.9. The van der Waals surface area contributed by atoms with Crippen LogP contribution in [0.3, 0.4) is 0 Å². The summed E-state index contributed by atoms with van der Waals surface area (Å²) >= 11 is 0. The zero-order chi connectivity index (χ0) is 26.1. The molecule has 3 aliphatic heterocycles. The highest BCUT2D eigenvalue weighted by Crippen LogP contribution is 2.52. The summed E-state index contributed by atoms with van der Waals surface area (Å²) in [5.74, 6) is -3.20. The van der Waals surface area contributed by atoms with Crippen molar-refractivity contribution in [1.29, 1.82) is 0 Å². The molecule has 7 heteroatoms. The fraction of sp³-hybridized carbons (Fsp3) is 0.379. The summed E-state index contributed by atoms with van der Waals surface area (Å²) < 4.78 is 4.89. The van der Waals surface area contributed by atoms with E-state index in [2.05, 4.69) is 6.07 Å². The van der Waals surface area contributed by atoms with E-state index >= 15 is 0 Å². The molecular weight excluding hydrogens is 456 g/mol. The highest BCUT2D eigenvalue weighted by atomic mass is 16.5. The maximum absolute atomic E-state index is 14.0. The van der Waals surface area contributed by atoms with Gasteiger partial charge in [0.05, 0.1) is 36.2 Å². The molecule has 3 aliphatic rings. The Morgan fingerprint density at radius 2 is 1.58 bits per heavy atom. The molecule has 2 amide bonds. The molecule has 7 nitrogen and oxygen atoms in total. The number of rotatable bonds is 3. The summed E-state index contributed by atoms with van der Waals surface area (Å²) in [6, 6.07) is 11.2. The molecule has 0 N–H and O–H groups in total. The third kappa shape index (κ3) is 3.33. The number of ether oxygens (including phenoxy) is 1. The van der Waals surface area contributed by atoms with E-state index in [1.807, 2.05) is 57.7 Å². The Kier molecular flexibility index (Phi) is 5.43. The van der Waals surface area contributed by atoms with E-state index < -0.39 is 47.1 Å². The fourth-order valence-corrected chi connectivity index (χ4v) is 5.89. The molecule has 0 bridgehead atoms. The summed E-state index contributed by atoms with van der Waals surface area (Å²) in [7, 11) is 1.26. The van der Waals surface area contributed by atoms with E-state index in [0.29, 0.717) is 0 Å². The van der Waals surface area contributed by atoms with Crippen LogP contribution in [-0.2, 0) is 19.1 Å².